The van der Waals surface area contributed by atoms with Gasteiger partial charge < -0.3 is 25.0 Å². The number of benzene rings is 3. The number of hydrogen-bond acceptors (Lipinski definition) is 9. The lowest BCUT2D eigenvalue weighted by Gasteiger charge is -2.08. The van der Waals surface area contributed by atoms with Gasteiger partial charge >= 0.3 is 12.1 Å². The summed E-state index contributed by atoms with van der Waals surface area (Å²) in [5.41, 5.74) is 2.06. The Balaban J connectivity index is 1.51. The molecule has 0 aromatic heterocycles. The molecule has 0 spiro atoms. The third-order valence-electron chi connectivity index (χ3n) is 5.16. The van der Waals surface area contributed by atoms with Gasteiger partial charge in [-0.25, -0.2) is 9.59 Å². The third-order valence-corrected chi connectivity index (χ3v) is 5.16. The second kappa shape index (κ2) is 13.4. The molecule has 0 unspecified atom stereocenters. The smallest absolute Gasteiger partial charge is 0.407 e. The highest BCUT2D eigenvalue weighted by Gasteiger charge is 2.17. The van der Waals surface area contributed by atoms with Crippen molar-refractivity contribution in [3.8, 4) is 11.5 Å². The van der Waals surface area contributed by atoms with Gasteiger partial charge in [0.15, 0.2) is 5.78 Å². The summed E-state index contributed by atoms with van der Waals surface area (Å²) in [6.45, 7) is 5.27. The zero-order valence-corrected chi connectivity index (χ0v) is 20.7. The standard InChI is InChI=1S/C28H27N3O7/c1-18(2)27(35)37-15-13-29-28(36)38-14-12-19-8-10-21(11-9-19)30-31-23-16-22(24(32)17-25(23)33)26(34)20-6-4-3-5-7-20/h3-11,16-17,32-33H,1,12-15H2,2H3,(H,29,36). The van der Waals surface area contributed by atoms with Crippen LogP contribution in [-0.2, 0) is 20.7 Å². The predicted octanol–water partition coefficient (Wildman–Crippen LogP) is 5.13. The normalized spacial score (nSPS) is 10.7. The first-order valence-electron chi connectivity index (χ1n) is 11.6. The molecule has 10 heteroatoms. The van der Waals surface area contributed by atoms with E-state index < -0.39 is 17.8 Å². The van der Waals surface area contributed by atoms with Crippen molar-refractivity contribution in [1.82, 2.24) is 5.32 Å². The Kier molecular flexibility index (Phi) is 9.70. The molecule has 196 valence electrons. The number of hydrogen-bond donors (Lipinski definition) is 3. The topological polar surface area (TPSA) is 147 Å². The number of azo groups is 1. The van der Waals surface area contributed by atoms with Gasteiger partial charge in [0, 0.05) is 23.6 Å². The molecule has 0 radical (unpaired) electrons. The number of esters is 1. The van der Waals surface area contributed by atoms with E-state index in [-0.39, 0.29) is 48.1 Å². The largest absolute Gasteiger partial charge is 0.507 e. The predicted molar refractivity (Wildman–Crippen MR) is 139 cm³/mol. The van der Waals surface area contributed by atoms with E-state index in [9.17, 15) is 24.6 Å². The maximum atomic E-state index is 12.7. The minimum absolute atomic E-state index is 0.00443. The van der Waals surface area contributed by atoms with E-state index in [4.69, 9.17) is 9.47 Å². The molecule has 0 atom stereocenters. The first kappa shape index (κ1) is 27.6. The fourth-order valence-electron chi connectivity index (χ4n) is 3.15. The lowest BCUT2D eigenvalue weighted by Crippen LogP contribution is -2.29. The summed E-state index contributed by atoms with van der Waals surface area (Å²) in [4.78, 5) is 35.7. The van der Waals surface area contributed by atoms with Gasteiger partial charge in [-0.1, -0.05) is 49.0 Å². The number of amides is 1. The van der Waals surface area contributed by atoms with Crippen LogP contribution in [0.1, 0.15) is 28.4 Å². The van der Waals surface area contributed by atoms with Crippen LogP contribution < -0.4 is 5.32 Å². The van der Waals surface area contributed by atoms with Crippen LogP contribution in [0.3, 0.4) is 0 Å². The number of alkyl carbamates (subject to hydrolysis) is 1. The van der Waals surface area contributed by atoms with Crippen molar-refractivity contribution in [2.24, 2.45) is 10.2 Å². The molecule has 0 saturated carbocycles. The Morgan fingerprint density at radius 1 is 0.895 bits per heavy atom. The Hall–Kier alpha value is -4.99. The molecule has 0 bridgehead atoms. The number of nitrogens with one attached hydrogen (secondary N) is 1. The maximum Gasteiger partial charge on any atom is 0.407 e. The summed E-state index contributed by atoms with van der Waals surface area (Å²) in [7, 11) is 0. The van der Waals surface area contributed by atoms with Gasteiger partial charge in [-0.3, -0.25) is 4.79 Å². The third kappa shape index (κ3) is 8.02. The van der Waals surface area contributed by atoms with E-state index in [1.807, 2.05) is 0 Å². The molecule has 0 saturated heterocycles. The summed E-state index contributed by atoms with van der Waals surface area (Å²) in [5.74, 6) is -1.62. The van der Waals surface area contributed by atoms with E-state index in [0.717, 1.165) is 11.6 Å². The van der Waals surface area contributed by atoms with Crippen LogP contribution in [0.25, 0.3) is 0 Å². The number of aromatic hydroxyl groups is 2. The second-order valence-electron chi connectivity index (χ2n) is 8.15. The van der Waals surface area contributed by atoms with Crippen LogP contribution in [0, 0.1) is 0 Å². The van der Waals surface area contributed by atoms with Crippen molar-refractivity contribution in [3.63, 3.8) is 0 Å². The summed E-state index contributed by atoms with van der Waals surface area (Å²) in [5, 5.41) is 30.9. The van der Waals surface area contributed by atoms with E-state index in [1.54, 1.807) is 54.6 Å². The summed E-state index contributed by atoms with van der Waals surface area (Å²) >= 11 is 0. The number of ketones is 1. The van der Waals surface area contributed by atoms with Crippen molar-refractivity contribution < 1.29 is 34.1 Å². The van der Waals surface area contributed by atoms with Gasteiger partial charge in [0.25, 0.3) is 0 Å². The average Bonchev–Trinajstić information content (AvgIpc) is 2.91. The quantitative estimate of drug-likeness (QED) is 0.105. The molecular formula is C28H27N3O7. The zero-order chi connectivity index (χ0) is 27.5. The van der Waals surface area contributed by atoms with Crippen molar-refractivity contribution in [2.45, 2.75) is 13.3 Å². The number of phenolic OH excluding ortho intramolecular Hbond substituents is 2. The first-order chi connectivity index (χ1) is 18.2. The molecule has 3 rings (SSSR count). The molecule has 0 aliphatic rings. The monoisotopic (exact) mass is 517 g/mol. The molecule has 0 aliphatic heterocycles. The van der Waals surface area contributed by atoms with Crippen LogP contribution >= 0.6 is 0 Å². The SMILES string of the molecule is C=C(C)C(=O)OCCNC(=O)OCCc1ccc(N=Nc2cc(C(=O)c3ccccc3)c(O)cc2O)cc1. The van der Waals surface area contributed by atoms with E-state index >= 15 is 0 Å². The molecule has 3 aromatic rings. The van der Waals surface area contributed by atoms with Crippen LogP contribution in [-0.4, -0.2) is 47.8 Å². The van der Waals surface area contributed by atoms with Gasteiger partial charge in [0.1, 0.15) is 23.8 Å². The summed E-state index contributed by atoms with van der Waals surface area (Å²) in [6, 6.07) is 17.7. The highest BCUT2D eigenvalue weighted by atomic mass is 16.6. The number of carbonyl (C=O) groups is 3. The minimum Gasteiger partial charge on any atom is -0.507 e. The summed E-state index contributed by atoms with van der Waals surface area (Å²) < 4.78 is 9.96. The molecule has 3 N–H and O–H groups in total. The first-order valence-corrected chi connectivity index (χ1v) is 11.6. The zero-order valence-electron chi connectivity index (χ0n) is 20.7. The number of phenols is 2. The Morgan fingerprint density at radius 2 is 1.61 bits per heavy atom. The molecule has 0 heterocycles. The average molecular weight is 518 g/mol. The van der Waals surface area contributed by atoms with E-state index in [1.165, 1.54) is 13.0 Å². The number of carbonyl (C=O) groups excluding carboxylic acids is 3. The Bertz CT molecular complexity index is 1340. The Morgan fingerprint density at radius 3 is 2.29 bits per heavy atom. The van der Waals surface area contributed by atoms with Gasteiger partial charge in [-0.05, 0) is 30.7 Å². The number of nitrogens with zero attached hydrogens (tertiary/aromatic N) is 2. The fraction of sp³-hybridized carbons (Fsp3) is 0.179. The fourth-order valence-corrected chi connectivity index (χ4v) is 3.15. The molecular weight excluding hydrogens is 490 g/mol. The van der Waals surface area contributed by atoms with Crippen LogP contribution in [0.5, 0.6) is 11.5 Å². The van der Waals surface area contributed by atoms with Crippen molar-refractivity contribution in [1.29, 1.82) is 0 Å². The van der Waals surface area contributed by atoms with Crippen molar-refractivity contribution >= 4 is 29.2 Å². The minimum atomic E-state index is -0.624. The highest BCUT2D eigenvalue weighted by molar-refractivity contribution is 6.11. The van der Waals surface area contributed by atoms with Crippen molar-refractivity contribution in [3.05, 3.63) is 95.6 Å². The number of rotatable bonds is 11. The number of ether oxygens (including phenoxy) is 2. The molecule has 38 heavy (non-hydrogen) atoms. The molecule has 3 aromatic carbocycles. The van der Waals surface area contributed by atoms with E-state index in [2.05, 4.69) is 22.1 Å². The van der Waals surface area contributed by atoms with Crippen LogP contribution in [0.15, 0.2) is 89.1 Å². The lowest BCUT2D eigenvalue weighted by atomic mass is 10.0. The van der Waals surface area contributed by atoms with Crippen molar-refractivity contribution in [2.75, 3.05) is 19.8 Å². The highest BCUT2D eigenvalue weighted by Crippen LogP contribution is 2.35. The second-order valence-corrected chi connectivity index (χ2v) is 8.15. The van der Waals surface area contributed by atoms with E-state index in [0.29, 0.717) is 17.7 Å². The lowest BCUT2D eigenvalue weighted by molar-refractivity contribution is -0.138. The van der Waals surface area contributed by atoms with Gasteiger partial charge in [0.05, 0.1) is 24.4 Å². The van der Waals surface area contributed by atoms with Crippen LogP contribution in [0.4, 0.5) is 16.2 Å². The maximum absolute atomic E-state index is 12.7. The molecule has 1 amide bonds. The molecule has 0 fully saturated rings. The van der Waals surface area contributed by atoms with Crippen LogP contribution in [0.2, 0.25) is 0 Å². The Labute approximate surface area is 219 Å². The van der Waals surface area contributed by atoms with Gasteiger partial charge in [-0.15, -0.1) is 5.11 Å². The molecule has 0 aliphatic carbocycles. The summed E-state index contributed by atoms with van der Waals surface area (Å²) in [6.07, 6.45) is -0.167. The van der Waals surface area contributed by atoms with Gasteiger partial charge in [0.2, 0.25) is 0 Å². The van der Waals surface area contributed by atoms with Gasteiger partial charge in [-0.2, -0.15) is 5.11 Å². The molecule has 10 nitrogen and oxygen atoms in total.